The first-order valence-electron chi connectivity index (χ1n) is 8.40. The highest BCUT2D eigenvalue weighted by molar-refractivity contribution is 5.63. The van der Waals surface area contributed by atoms with Crippen LogP contribution in [0.3, 0.4) is 0 Å². The second kappa shape index (κ2) is 7.59. The highest BCUT2D eigenvalue weighted by Crippen LogP contribution is 2.47. The summed E-state index contributed by atoms with van der Waals surface area (Å²) in [6, 6.07) is 10.5. The summed E-state index contributed by atoms with van der Waals surface area (Å²) >= 11 is 0. The number of hydrogen-bond donors (Lipinski definition) is 0. The van der Waals surface area contributed by atoms with Crippen molar-refractivity contribution in [2.75, 3.05) is 0 Å². The van der Waals surface area contributed by atoms with Gasteiger partial charge in [0.25, 0.3) is 0 Å². The number of carbonyl (C=O) groups is 1. The first-order chi connectivity index (χ1) is 10.2. The van der Waals surface area contributed by atoms with Gasteiger partial charge in [0.2, 0.25) is 0 Å². The van der Waals surface area contributed by atoms with Crippen LogP contribution in [-0.2, 0) is 4.79 Å². The largest absolute Gasteiger partial charge is 0.303 e. The molecule has 0 aliphatic heterocycles. The average molecular weight is 284 g/mol. The fraction of sp³-hybridized carbons (Fsp3) is 0.550. The summed E-state index contributed by atoms with van der Waals surface area (Å²) in [4.78, 5) is 12.1. The Balaban J connectivity index is 2.36. The van der Waals surface area contributed by atoms with E-state index in [-0.39, 0.29) is 11.3 Å². The van der Waals surface area contributed by atoms with Crippen LogP contribution in [-0.4, -0.2) is 6.29 Å². The molecule has 2 rings (SSSR count). The van der Waals surface area contributed by atoms with Gasteiger partial charge < -0.3 is 4.79 Å². The van der Waals surface area contributed by atoms with Gasteiger partial charge in [-0.05, 0) is 30.7 Å². The van der Waals surface area contributed by atoms with Crippen molar-refractivity contribution >= 4 is 6.29 Å². The van der Waals surface area contributed by atoms with E-state index in [1.165, 1.54) is 44.0 Å². The van der Waals surface area contributed by atoms with Crippen LogP contribution in [0.1, 0.15) is 63.9 Å². The van der Waals surface area contributed by atoms with Crippen LogP contribution < -0.4 is 0 Å². The Morgan fingerprint density at radius 1 is 1.19 bits per heavy atom. The van der Waals surface area contributed by atoms with E-state index in [4.69, 9.17) is 0 Å². The molecule has 1 nitrogen and oxygen atoms in total. The highest BCUT2D eigenvalue weighted by Gasteiger charge is 2.41. The third-order valence-corrected chi connectivity index (χ3v) is 5.13. The molecule has 1 aromatic rings. The zero-order valence-electron chi connectivity index (χ0n) is 13.4. The topological polar surface area (TPSA) is 17.1 Å². The van der Waals surface area contributed by atoms with Gasteiger partial charge in [-0.15, -0.1) is 0 Å². The van der Waals surface area contributed by atoms with E-state index in [9.17, 15) is 4.79 Å². The van der Waals surface area contributed by atoms with Crippen molar-refractivity contribution in [3.63, 3.8) is 0 Å². The van der Waals surface area contributed by atoms with Crippen molar-refractivity contribution in [1.29, 1.82) is 0 Å². The van der Waals surface area contributed by atoms with Gasteiger partial charge in [0.05, 0.1) is 0 Å². The molecule has 2 atom stereocenters. The second-order valence-electron chi connectivity index (χ2n) is 6.54. The van der Waals surface area contributed by atoms with E-state index < -0.39 is 0 Å². The summed E-state index contributed by atoms with van der Waals surface area (Å²) in [6.45, 7) is 4.32. The number of carbonyl (C=O) groups excluding carboxylic acids is 1. The Morgan fingerprint density at radius 2 is 1.86 bits per heavy atom. The maximum Gasteiger partial charge on any atom is 0.127 e. The lowest BCUT2D eigenvalue weighted by Crippen LogP contribution is -2.36. The molecule has 1 aromatic carbocycles. The maximum atomic E-state index is 12.1. The zero-order valence-corrected chi connectivity index (χ0v) is 13.4. The van der Waals surface area contributed by atoms with Crippen LogP contribution in [0.25, 0.3) is 0 Å². The summed E-state index contributed by atoms with van der Waals surface area (Å²) in [5, 5.41) is 0. The number of rotatable bonds is 6. The smallest absolute Gasteiger partial charge is 0.127 e. The Bertz CT molecular complexity index is 456. The minimum atomic E-state index is -0.284. The van der Waals surface area contributed by atoms with E-state index in [0.717, 1.165) is 6.42 Å². The van der Waals surface area contributed by atoms with Gasteiger partial charge in [0.1, 0.15) is 6.29 Å². The monoisotopic (exact) mass is 284 g/mol. The highest BCUT2D eigenvalue weighted by atomic mass is 16.1. The molecule has 0 spiro atoms. The van der Waals surface area contributed by atoms with E-state index in [1.807, 2.05) is 6.07 Å². The molecule has 1 aliphatic carbocycles. The molecule has 114 valence electrons. The second-order valence-corrected chi connectivity index (χ2v) is 6.54. The van der Waals surface area contributed by atoms with Crippen LogP contribution in [0, 0.1) is 11.3 Å². The quantitative estimate of drug-likeness (QED) is 0.496. The van der Waals surface area contributed by atoms with Crippen LogP contribution in [0.5, 0.6) is 0 Å². The van der Waals surface area contributed by atoms with E-state index in [1.54, 1.807) is 0 Å². The van der Waals surface area contributed by atoms with Crippen LogP contribution in [0.15, 0.2) is 42.5 Å². The van der Waals surface area contributed by atoms with Crippen LogP contribution >= 0.6 is 0 Å². The first kappa shape index (κ1) is 16.0. The van der Waals surface area contributed by atoms with Crippen molar-refractivity contribution in [3.8, 4) is 0 Å². The van der Waals surface area contributed by atoms with Crippen molar-refractivity contribution in [2.24, 2.45) is 11.3 Å². The molecular formula is C20H28O. The molecule has 0 bridgehead atoms. The van der Waals surface area contributed by atoms with Gasteiger partial charge in [-0.1, -0.05) is 75.6 Å². The fourth-order valence-electron chi connectivity index (χ4n) is 3.76. The Morgan fingerprint density at radius 3 is 2.43 bits per heavy atom. The molecule has 0 unspecified atom stereocenters. The molecule has 0 aromatic heterocycles. The maximum absolute atomic E-state index is 12.1. The zero-order chi connectivity index (χ0) is 15.1. The molecule has 0 radical (unpaired) electrons. The third kappa shape index (κ3) is 3.64. The normalized spacial score (nSPS) is 21.0. The number of aldehydes is 1. The summed E-state index contributed by atoms with van der Waals surface area (Å²) in [5.41, 5.74) is 0.982. The van der Waals surface area contributed by atoms with Crippen molar-refractivity contribution in [1.82, 2.24) is 0 Å². The summed E-state index contributed by atoms with van der Waals surface area (Å²) in [5.74, 6) is 0.703. The van der Waals surface area contributed by atoms with Gasteiger partial charge in [0, 0.05) is 11.3 Å². The predicted molar refractivity (Wildman–Crippen MR) is 89.4 cm³/mol. The average Bonchev–Trinajstić information content (AvgIpc) is 2.56. The molecule has 0 saturated heterocycles. The standard InChI is InChI=1S/C20H28O/c1-3-4-15-19(17-11-7-5-8-12-17)20(2,16-21)18-13-9-6-10-14-18/h4-5,7-8,11-12,15-16,18-19H,3,6,9-10,13-14H2,1-2H3/b15-4+/t19-,20+/m0/s1. The molecule has 0 heterocycles. The Kier molecular flexibility index (Phi) is 5.78. The molecule has 0 amide bonds. The lowest BCUT2D eigenvalue weighted by Gasteiger charge is -2.40. The lowest BCUT2D eigenvalue weighted by molar-refractivity contribution is -0.119. The molecule has 1 heteroatoms. The molecule has 0 N–H and O–H groups in total. The molecule has 21 heavy (non-hydrogen) atoms. The fourth-order valence-corrected chi connectivity index (χ4v) is 3.76. The molecule has 1 fully saturated rings. The molecule has 1 aliphatic rings. The molecule has 1 saturated carbocycles. The third-order valence-electron chi connectivity index (χ3n) is 5.13. The predicted octanol–water partition coefficient (Wildman–Crippen LogP) is 5.52. The lowest BCUT2D eigenvalue weighted by atomic mass is 9.62. The van der Waals surface area contributed by atoms with Crippen molar-refractivity contribution in [2.45, 2.75) is 58.3 Å². The SMILES string of the molecule is CC/C=C/[C@@H](c1ccccc1)[C@](C)(C=O)C1CCCCC1. The Hall–Kier alpha value is -1.37. The Labute approximate surface area is 129 Å². The molecular weight excluding hydrogens is 256 g/mol. The summed E-state index contributed by atoms with van der Waals surface area (Å²) < 4.78 is 0. The number of allylic oxidation sites excluding steroid dienone is 2. The van der Waals surface area contributed by atoms with Crippen LogP contribution in [0.2, 0.25) is 0 Å². The van der Waals surface area contributed by atoms with Gasteiger partial charge in [-0.25, -0.2) is 0 Å². The number of hydrogen-bond acceptors (Lipinski definition) is 1. The van der Waals surface area contributed by atoms with Gasteiger partial charge >= 0.3 is 0 Å². The van der Waals surface area contributed by atoms with Crippen molar-refractivity contribution < 1.29 is 4.79 Å². The summed E-state index contributed by atoms with van der Waals surface area (Å²) in [6.07, 6.45) is 13.0. The van der Waals surface area contributed by atoms with E-state index >= 15 is 0 Å². The van der Waals surface area contributed by atoms with Gasteiger partial charge in [-0.3, -0.25) is 0 Å². The first-order valence-corrected chi connectivity index (χ1v) is 8.40. The number of benzene rings is 1. The van der Waals surface area contributed by atoms with Crippen LogP contribution in [0.4, 0.5) is 0 Å². The van der Waals surface area contributed by atoms with E-state index in [2.05, 4.69) is 50.3 Å². The van der Waals surface area contributed by atoms with Gasteiger partial charge in [0.15, 0.2) is 0 Å². The minimum Gasteiger partial charge on any atom is -0.303 e. The summed E-state index contributed by atoms with van der Waals surface area (Å²) in [7, 11) is 0. The minimum absolute atomic E-state index is 0.194. The van der Waals surface area contributed by atoms with Crippen molar-refractivity contribution in [3.05, 3.63) is 48.0 Å². The van der Waals surface area contributed by atoms with E-state index in [0.29, 0.717) is 5.92 Å². The van der Waals surface area contributed by atoms with Gasteiger partial charge in [-0.2, -0.15) is 0 Å².